The molecule has 0 aromatic rings. The lowest BCUT2D eigenvalue weighted by atomic mass is 10.2. The standard InChI is InChI=1S/C25H40F10O11/c1-2-3-6-40-10-18(38)11-41-7-4-17(37)9-43-14-20(23(27,28)29)46-21(24(30,31)32)15-45-22(26,25(33,34)35)16-44-13-19(39)12-42-8-5-36/h2,17-21,36-39H,1,3-16H2. The summed E-state index contributed by atoms with van der Waals surface area (Å²) in [5.41, 5.74) is 0. The van der Waals surface area contributed by atoms with Gasteiger partial charge in [-0.3, -0.25) is 0 Å². The summed E-state index contributed by atoms with van der Waals surface area (Å²) < 4.78 is 166. The average molecular weight is 707 g/mol. The van der Waals surface area contributed by atoms with E-state index in [0.717, 1.165) is 0 Å². The van der Waals surface area contributed by atoms with Crippen molar-refractivity contribution >= 4 is 0 Å². The molecule has 0 saturated heterocycles. The number of aliphatic hydroxyl groups excluding tert-OH is 4. The Hall–Kier alpha value is -1.40. The number of hydrogen-bond acceptors (Lipinski definition) is 11. The molecule has 0 aliphatic rings. The van der Waals surface area contributed by atoms with E-state index >= 15 is 0 Å². The third kappa shape index (κ3) is 20.1. The Kier molecular flexibility index (Phi) is 21.6. The highest BCUT2D eigenvalue weighted by Crippen LogP contribution is 2.37. The van der Waals surface area contributed by atoms with Gasteiger partial charge in [0.1, 0.15) is 18.8 Å². The monoisotopic (exact) mass is 706 g/mol. The molecule has 0 aliphatic heterocycles. The number of hydrogen-bond donors (Lipinski definition) is 4. The van der Waals surface area contributed by atoms with Gasteiger partial charge in [0, 0.05) is 6.61 Å². The number of rotatable bonds is 27. The van der Waals surface area contributed by atoms with Crippen LogP contribution in [0.2, 0.25) is 0 Å². The molecule has 11 nitrogen and oxygen atoms in total. The topological polar surface area (TPSA) is 146 Å². The average Bonchev–Trinajstić information content (AvgIpc) is 2.93. The SMILES string of the molecule is C=CCCOCC(O)COCCC(O)COCC(OC(COC(F)(COCC(O)COCCO)C(F)(F)F)C(F)(F)F)C(F)(F)F. The van der Waals surface area contributed by atoms with Crippen molar-refractivity contribution in [2.45, 2.75) is 67.7 Å². The summed E-state index contributed by atoms with van der Waals surface area (Å²) in [5.74, 6) is -4.96. The van der Waals surface area contributed by atoms with Crippen LogP contribution in [0.3, 0.4) is 0 Å². The van der Waals surface area contributed by atoms with Crippen molar-refractivity contribution in [3.63, 3.8) is 0 Å². The molecule has 276 valence electrons. The second kappa shape index (κ2) is 22.3. The van der Waals surface area contributed by atoms with Gasteiger partial charge in [-0.05, 0) is 12.8 Å². The molecular weight excluding hydrogens is 666 g/mol. The van der Waals surface area contributed by atoms with Crippen LogP contribution in [0.25, 0.3) is 0 Å². The molecule has 0 heterocycles. The summed E-state index contributed by atoms with van der Waals surface area (Å²) in [6.07, 6.45) is -26.7. The van der Waals surface area contributed by atoms with Gasteiger partial charge < -0.3 is 53.6 Å². The summed E-state index contributed by atoms with van der Waals surface area (Å²) in [6.45, 7) is -6.03. The van der Waals surface area contributed by atoms with Crippen LogP contribution in [0.4, 0.5) is 43.9 Å². The van der Waals surface area contributed by atoms with Gasteiger partial charge in [-0.1, -0.05) is 6.08 Å². The number of halogens is 10. The van der Waals surface area contributed by atoms with Gasteiger partial charge >= 0.3 is 24.4 Å². The van der Waals surface area contributed by atoms with Gasteiger partial charge in [0.15, 0.2) is 12.2 Å². The fraction of sp³-hybridized carbons (Fsp3) is 0.920. The van der Waals surface area contributed by atoms with Crippen LogP contribution in [-0.2, 0) is 33.2 Å². The van der Waals surface area contributed by atoms with Gasteiger partial charge in [-0.2, -0.15) is 43.9 Å². The van der Waals surface area contributed by atoms with Crippen LogP contribution in [0.1, 0.15) is 12.8 Å². The van der Waals surface area contributed by atoms with Crippen LogP contribution >= 0.6 is 0 Å². The first-order valence-electron chi connectivity index (χ1n) is 13.6. The van der Waals surface area contributed by atoms with E-state index in [9.17, 15) is 59.2 Å². The molecule has 4 N–H and O–H groups in total. The normalized spacial score (nSPS) is 17.7. The fourth-order valence-electron chi connectivity index (χ4n) is 2.96. The van der Waals surface area contributed by atoms with Crippen LogP contribution in [0.5, 0.6) is 0 Å². The first-order valence-corrected chi connectivity index (χ1v) is 13.6. The van der Waals surface area contributed by atoms with Crippen molar-refractivity contribution < 1.29 is 97.5 Å². The van der Waals surface area contributed by atoms with Crippen molar-refractivity contribution in [2.75, 3.05) is 79.3 Å². The highest BCUT2D eigenvalue weighted by atomic mass is 19.4. The van der Waals surface area contributed by atoms with E-state index < -0.39 is 101 Å². The van der Waals surface area contributed by atoms with Crippen molar-refractivity contribution in [3.8, 4) is 0 Å². The molecule has 0 rings (SSSR count). The van der Waals surface area contributed by atoms with Crippen molar-refractivity contribution in [3.05, 3.63) is 12.7 Å². The summed E-state index contributed by atoms with van der Waals surface area (Å²) in [5, 5.41) is 37.5. The number of aliphatic hydroxyl groups is 4. The fourth-order valence-corrected chi connectivity index (χ4v) is 2.96. The maximum Gasteiger partial charge on any atom is 0.450 e. The molecule has 0 aliphatic carbocycles. The Bertz CT molecular complexity index is 789. The smallest absolute Gasteiger partial charge is 0.394 e. The van der Waals surface area contributed by atoms with Gasteiger partial charge in [-0.15, -0.1) is 6.58 Å². The van der Waals surface area contributed by atoms with E-state index in [0.29, 0.717) is 13.0 Å². The highest BCUT2D eigenvalue weighted by molar-refractivity contribution is 4.81. The summed E-state index contributed by atoms with van der Waals surface area (Å²) in [4.78, 5) is 0. The molecule has 0 aromatic carbocycles. The Morgan fingerprint density at radius 1 is 0.587 bits per heavy atom. The number of ether oxygens (including phenoxy) is 7. The largest absolute Gasteiger partial charge is 0.450 e. The summed E-state index contributed by atoms with van der Waals surface area (Å²) >= 11 is 0. The molecule has 0 fully saturated rings. The molecule has 0 radical (unpaired) electrons. The minimum absolute atomic E-state index is 0.0642. The molecule has 0 amide bonds. The third-order valence-corrected chi connectivity index (χ3v) is 5.35. The Labute approximate surface area is 257 Å². The van der Waals surface area contributed by atoms with Gasteiger partial charge in [0.2, 0.25) is 0 Å². The van der Waals surface area contributed by atoms with E-state index in [1.165, 1.54) is 0 Å². The first-order chi connectivity index (χ1) is 21.3. The molecular formula is C25H40F10O11. The lowest BCUT2D eigenvalue weighted by Gasteiger charge is -2.32. The molecule has 0 spiro atoms. The quantitative estimate of drug-likeness (QED) is 0.0567. The van der Waals surface area contributed by atoms with E-state index in [1.807, 2.05) is 0 Å². The molecule has 21 heteroatoms. The van der Waals surface area contributed by atoms with Crippen LogP contribution in [0.15, 0.2) is 12.7 Å². The Morgan fingerprint density at radius 3 is 1.57 bits per heavy atom. The highest BCUT2D eigenvalue weighted by Gasteiger charge is 2.59. The lowest BCUT2D eigenvalue weighted by Crippen LogP contribution is -2.52. The van der Waals surface area contributed by atoms with Crippen molar-refractivity contribution in [2.24, 2.45) is 0 Å². The lowest BCUT2D eigenvalue weighted by molar-refractivity contribution is -0.366. The minimum Gasteiger partial charge on any atom is -0.394 e. The zero-order valence-corrected chi connectivity index (χ0v) is 24.5. The molecule has 46 heavy (non-hydrogen) atoms. The zero-order chi connectivity index (χ0) is 35.4. The summed E-state index contributed by atoms with van der Waals surface area (Å²) in [7, 11) is 0. The van der Waals surface area contributed by atoms with E-state index in [2.05, 4.69) is 30.3 Å². The second-order valence-corrected chi connectivity index (χ2v) is 9.56. The van der Waals surface area contributed by atoms with Crippen molar-refractivity contribution in [1.82, 2.24) is 0 Å². The van der Waals surface area contributed by atoms with Crippen LogP contribution in [-0.4, -0.2) is 155 Å². The molecule has 6 unspecified atom stereocenters. The van der Waals surface area contributed by atoms with E-state index in [-0.39, 0.29) is 32.8 Å². The maximum absolute atomic E-state index is 14.6. The Morgan fingerprint density at radius 2 is 1.07 bits per heavy atom. The van der Waals surface area contributed by atoms with Gasteiger partial charge in [0.05, 0.1) is 72.2 Å². The molecule has 6 atom stereocenters. The van der Waals surface area contributed by atoms with Gasteiger partial charge in [-0.25, -0.2) is 0 Å². The van der Waals surface area contributed by atoms with E-state index in [4.69, 9.17) is 14.6 Å². The molecule has 0 saturated carbocycles. The maximum atomic E-state index is 14.6. The Balaban J connectivity index is 5.04. The molecule has 0 aromatic heterocycles. The van der Waals surface area contributed by atoms with Crippen LogP contribution in [0, 0.1) is 0 Å². The predicted octanol–water partition coefficient (Wildman–Crippen LogP) is 2.23. The van der Waals surface area contributed by atoms with Gasteiger partial charge in [0.25, 0.3) is 0 Å². The third-order valence-electron chi connectivity index (χ3n) is 5.35. The molecule has 0 bridgehead atoms. The first kappa shape index (κ1) is 44.6. The minimum atomic E-state index is -6.04. The number of alkyl halides is 10. The predicted molar refractivity (Wildman–Crippen MR) is 135 cm³/mol. The zero-order valence-electron chi connectivity index (χ0n) is 24.5. The van der Waals surface area contributed by atoms with Crippen LogP contribution < -0.4 is 0 Å². The van der Waals surface area contributed by atoms with E-state index in [1.54, 1.807) is 6.08 Å². The summed E-state index contributed by atoms with van der Waals surface area (Å²) in [6, 6.07) is 0. The van der Waals surface area contributed by atoms with Crippen molar-refractivity contribution in [1.29, 1.82) is 0 Å². The second-order valence-electron chi connectivity index (χ2n) is 9.56.